The lowest BCUT2D eigenvalue weighted by Gasteiger charge is -2.13. The molecule has 0 atom stereocenters. The number of anilines is 1. The van der Waals surface area contributed by atoms with Gasteiger partial charge < -0.3 is 5.32 Å². The molecule has 4 nitrogen and oxygen atoms in total. The summed E-state index contributed by atoms with van der Waals surface area (Å²) >= 11 is 3.47. The van der Waals surface area contributed by atoms with Crippen LogP contribution in [0.1, 0.15) is 41.2 Å². The lowest BCUT2D eigenvalue weighted by atomic mass is 10.1. The molecule has 0 aliphatic rings. The fourth-order valence-electron chi connectivity index (χ4n) is 2.93. The molecule has 2 aromatic heterocycles. The summed E-state index contributed by atoms with van der Waals surface area (Å²) in [6.07, 6.45) is 3.46. The minimum absolute atomic E-state index is 0.124. The van der Waals surface area contributed by atoms with E-state index in [0.717, 1.165) is 39.0 Å². The third-order valence-corrected chi connectivity index (χ3v) is 4.65. The van der Waals surface area contributed by atoms with Crippen molar-refractivity contribution in [2.24, 2.45) is 0 Å². The number of nitrogens with one attached hydrogen (secondary N) is 1. The van der Waals surface area contributed by atoms with Crippen LogP contribution in [-0.2, 0) is 12.8 Å². The summed E-state index contributed by atoms with van der Waals surface area (Å²) in [6.45, 7) is 6.12. The number of carbonyl (C=O) groups excluding carboxylic acids is 1. The second-order valence-electron chi connectivity index (χ2n) is 5.75. The fourth-order valence-corrected chi connectivity index (χ4v) is 3.27. The molecule has 1 amide bonds. The Kier molecular flexibility index (Phi) is 4.71. The van der Waals surface area contributed by atoms with Gasteiger partial charge in [0.1, 0.15) is 11.3 Å². The Hall–Kier alpha value is -2.14. The Bertz CT molecular complexity index is 914. The van der Waals surface area contributed by atoms with Crippen LogP contribution < -0.4 is 5.32 Å². The van der Waals surface area contributed by atoms with Gasteiger partial charge in [-0.15, -0.1) is 0 Å². The van der Waals surface area contributed by atoms with Crippen LogP contribution in [0, 0.1) is 6.92 Å². The average Bonchev–Trinajstić information content (AvgIpc) is 2.94. The minimum Gasteiger partial charge on any atom is -0.320 e. The van der Waals surface area contributed by atoms with Gasteiger partial charge in [-0.1, -0.05) is 32.0 Å². The van der Waals surface area contributed by atoms with Crippen LogP contribution in [0.5, 0.6) is 0 Å². The highest BCUT2D eigenvalue weighted by Crippen LogP contribution is 2.24. The summed E-state index contributed by atoms with van der Waals surface area (Å²) < 4.78 is 2.76. The summed E-state index contributed by atoms with van der Waals surface area (Å²) in [7, 11) is 0. The number of rotatable bonds is 4. The van der Waals surface area contributed by atoms with Gasteiger partial charge in [0.2, 0.25) is 0 Å². The quantitative estimate of drug-likeness (QED) is 0.701. The number of aromatic nitrogens is 2. The number of fused-ring (bicyclic) bond motifs is 1. The lowest BCUT2D eigenvalue weighted by Crippen LogP contribution is -2.18. The molecule has 3 aromatic rings. The zero-order valence-corrected chi connectivity index (χ0v) is 15.6. The number of imidazole rings is 1. The third-order valence-electron chi connectivity index (χ3n) is 4.18. The number of nitrogens with zero attached hydrogens (tertiary/aromatic N) is 2. The van der Waals surface area contributed by atoms with Crippen LogP contribution in [0.3, 0.4) is 0 Å². The highest BCUT2D eigenvalue weighted by Gasteiger charge is 2.20. The Morgan fingerprint density at radius 2 is 2.00 bits per heavy atom. The molecule has 0 aliphatic carbocycles. The average molecular weight is 386 g/mol. The van der Waals surface area contributed by atoms with E-state index >= 15 is 0 Å². The van der Waals surface area contributed by atoms with Crippen molar-refractivity contribution in [1.29, 1.82) is 0 Å². The second-order valence-corrected chi connectivity index (χ2v) is 6.67. The van der Waals surface area contributed by atoms with Gasteiger partial charge in [0.25, 0.3) is 5.91 Å². The molecule has 1 aromatic carbocycles. The highest BCUT2D eigenvalue weighted by atomic mass is 79.9. The molecule has 1 N–H and O–H groups in total. The number of hydrogen-bond acceptors (Lipinski definition) is 2. The minimum atomic E-state index is -0.124. The number of halogens is 1. The molecule has 5 heteroatoms. The number of hydrogen-bond donors (Lipinski definition) is 1. The maximum absolute atomic E-state index is 13.0. The van der Waals surface area contributed by atoms with E-state index in [9.17, 15) is 4.79 Å². The summed E-state index contributed by atoms with van der Waals surface area (Å²) in [4.78, 5) is 17.6. The van der Waals surface area contributed by atoms with E-state index in [1.54, 1.807) is 0 Å². The van der Waals surface area contributed by atoms with E-state index in [0.29, 0.717) is 12.1 Å². The molecule has 0 unspecified atom stereocenters. The summed E-state index contributed by atoms with van der Waals surface area (Å²) in [5.74, 6) is -0.124. The zero-order valence-electron chi connectivity index (χ0n) is 14.1. The summed E-state index contributed by atoms with van der Waals surface area (Å²) in [6, 6.07) is 9.92. The smallest absolute Gasteiger partial charge is 0.274 e. The van der Waals surface area contributed by atoms with Crippen molar-refractivity contribution >= 4 is 33.2 Å². The standard InChI is InChI=1S/C19H20BrN3O/c1-4-13-8-6-7-12(3)17(13)22-19(24)18-15(5-2)21-16-10-9-14(20)11-23(16)18/h6-11H,4-5H2,1-3H3,(H,22,24). The normalized spacial score (nSPS) is 11.0. The van der Waals surface area contributed by atoms with E-state index in [4.69, 9.17) is 0 Å². The molecule has 2 heterocycles. The van der Waals surface area contributed by atoms with Gasteiger partial charge in [0.15, 0.2) is 0 Å². The van der Waals surface area contributed by atoms with Crippen LogP contribution in [-0.4, -0.2) is 15.3 Å². The van der Waals surface area contributed by atoms with Gasteiger partial charge in [0.05, 0.1) is 5.69 Å². The Balaban J connectivity index is 2.08. The highest BCUT2D eigenvalue weighted by molar-refractivity contribution is 9.10. The van der Waals surface area contributed by atoms with Gasteiger partial charge in [-0.25, -0.2) is 4.98 Å². The van der Waals surface area contributed by atoms with Crippen molar-refractivity contribution in [3.63, 3.8) is 0 Å². The predicted octanol–water partition coefficient (Wildman–Crippen LogP) is 4.78. The predicted molar refractivity (Wildman–Crippen MR) is 101 cm³/mol. The summed E-state index contributed by atoms with van der Waals surface area (Å²) in [5, 5.41) is 3.10. The van der Waals surface area contributed by atoms with Gasteiger partial charge in [-0.3, -0.25) is 9.20 Å². The van der Waals surface area contributed by atoms with Crippen LogP contribution in [0.4, 0.5) is 5.69 Å². The van der Waals surface area contributed by atoms with Crippen molar-refractivity contribution in [3.8, 4) is 0 Å². The molecule has 0 fully saturated rings. The number of para-hydroxylation sites is 1. The topological polar surface area (TPSA) is 46.4 Å². The van der Waals surface area contributed by atoms with Crippen LogP contribution in [0.2, 0.25) is 0 Å². The van der Waals surface area contributed by atoms with E-state index in [-0.39, 0.29) is 5.91 Å². The van der Waals surface area contributed by atoms with Crippen LogP contribution in [0.15, 0.2) is 41.0 Å². The van der Waals surface area contributed by atoms with Gasteiger partial charge in [0, 0.05) is 16.4 Å². The lowest BCUT2D eigenvalue weighted by molar-refractivity contribution is 0.102. The fraction of sp³-hybridized carbons (Fsp3) is 0.263. The Labute approximate surface area is 150 Å². The van der Waals surface area contributed by atoms with Gasteiger partial charge >= 0.3 is 0 Å². The van der Waals surface area contributed by atoms with E-state index < -0.39 is 0 Å². The molecule has 3 rings (SSSR count). The van der Waals surface area contributed by atoms with Crippen LogP contribution >= 0.6 is 15.9 Å². The second kappa shape index (κ2) is 6.77. The molecule has 0 bridgehead atoms. The van der Waals surface area contributed by atoms with E-state index in [1.165, 1.54) is 0 Å². The number of benzene rings is 1. The SMILES string of the molecule is CCc1cccc(C)c1NC(=O)c1c(CC)nc2ccc(Br)cn12. The maximum atomic E-state index is 13.0. The maximum Gasteiger partial charge on any atom is 0.274 e. The molecule has 24 heavy (non-hydrogen) atoms. The first-order chi connectivity index (χ1) is 11.5. The molecule has 0 spiro atoms. The molecule has 124 valence electrons. The van der Waals surface area contributed by atoms with Crippen molar-refractivity contribution < 1.29 is 4.79 Å². The van der Waals surface area contributed by atoms with Crippen LogP contribution in [0.25, 0.3) is 5.65 Å². The zero-order chi connectivity index (χ0) is 17.3. The third kappa shape index (κ3) is 2.96. The first kappa shape index (κ1) is 16.7. The number of aryl methyl sites for hydroxylation is 3. The van der Waals surface area contributed by atoms with E-state index in [1.807, 2.05) is 48.7 Å². The van der Waals surface area contributed by atoms with Crippen molar-refractivity contribution in [2.45, 2.75) is 33.6 Å². The first-order valence-electron chi connectivity index (χ1n) is 8.11. The molecule has 0 saturated heterocycles. The number of amides is 1. The van der Waals surface area contributed by atoms with Crippen molar-refractivity contribution in [1.82, 2.24) is 9.38 Å². The molecular weight excluding hydrogens is 366 g/mol. The molecular formula is C19H20BrN3O. The molecule has 0 aliphatic heterocycles. The Morgan fingerprint density at radius 3 is 2.71 bits per heavy atom. The monoisotopic (exact) mass is 385 g/mol. The number of carbonyl (C=O) groups is 1. The number of pyridine rings is 1. The van der Waals surface area contributed by atoms with Gasteiger partial charge in [-0.05, 0) is 59.0 Å². The van der Waals surface area contributed by atoms with E-state index in [2.05, 4.69) is 39.2 Å². The van der Waals surface area contributed by atoms with Crippen molar-refractivity contribution in [3.05, 3.63) is 63.5 Å². The summed E-state index contributed by atoms with van der Waals surface area (Å²) in [5.41, 5.74) is 5.28. The molecule has 0 saturated carbocycles. The Morgan fingerprint density at radius 1 is 1.21 bits per heavy atom. The first-order valence-corrected chi connectivity index (χ1v) is 8.90. The molecule has 0 radical (unpaired) electrons. The largest absolute Gasteiger partial charge is 0.320 e. The van der Waals surface area contributed by atoms with Gasteiger partial charge in [-0.2, -0.15) is 0 Å². The van der Waals surface area contributed by atoms with Crippen molar-refractivity contribution in [2.75, 3.05) is 5.32 Å².